The van der Waals surface area contributed by atoms with Crippen LogP contribution in [-0.2, 0) is 0 Å². The van der Waals surface area contributed by atoms with E-state index < -0.39 is 0 Å². The van der Waals surface area contributed by atoms with Crippen LogP contribution in [0.5, 0.6) is 0 Å². The van der Waals surface area contributed by atoms with Crippen molar-refractivity contribution >= 4 is 0 Å². The lowest BCUT2D eigenvalue weighted by Crippen LogP contribution is -2.09. The molecule has 0 bridgehead atoms. The zero-order valence-corrected chi connectivity index (χ0v) is 9.61. The number of hydrogen-bond donors (Lipinski definition) is 0. The minimum atomic E-state index is 0.729. The van der Waals surface area contributed by atoms with Gasteiger partial charge in [0.1, 0.15) is 0 Å². The Labute approximate surface area is 88.4 Å². The number of hydrogen-bond acceptors (Lipinski definition) is 0. The molecule has 1 fully saturated rings. The average Bonchev–Trinajstić information content (AvgIpc) is 2.52. The number of allylic oxidation sites excluding steroid dienone is 6. The molecule has 0 aromatic rings. The zero-order chi connectivity index (χ0) is 10.4. The highest BCUT2D eigenvalue weighted by molar-refractivity contribution is 5.09. The predicted octanol–water partition coefficient (Wildman–Crippen LogP) is 4.36. The maximum Gasteiger partial charge on any atom is -0.0108 e. The van der Waals surface area contributed by atoms with Crippen LogP contribution in [0, 0.1) is 17.8 Å². The molecule has 0 spiro atoms. The molecule has 0 aromatic heterocycles. The van der Waals surface area contributed by atoms with Crippen molar-refractivity contribution in [2.75, 3.05) is 0 Å². The van der Waals surface area contributed by atoms with Crippen molar-refractivity contribution in [2.24, 2.45) is 17.8 Å². The SMILES string of the molecule is CC=CC1CCC(C=CC)C1C=CC. The molecule has 1 aliphatic carbocycles. The highest BCUT2D eigenvalue weighted by Gasteiger charge is 2.30. The van der Waals surface area contributed by atoms with Crippen LogP contribution in [-0.4, -0.2) is 0 Å². The maximum atomic E-state index is 2.38. The third-order valence-electron chi connectivity index (χ3n) is 3.12. The van der Waals surface area contributed by atoms with Gasteiger partial charge in [-0.05, 0) is 51.4 Å². The molecule has 0 aliphatic heterocycles. The van der Waals surface area contributed by atoms with Crippen LogP contribution in [0.15, 0.2) is 36.5 Å². The summed E-state index contributed by atoms with van der Waals surface area (Å²) in [5, 5.41) is 0. The fraction of sp³-hybridized carbons (Fsp3) is 0.571. The van der Waals surface area contributed by atoms with Crippen molar-refractivity contribution < 1.29 is 0 Å². The minimum Gasteiger partial charge on any atom is -0.0914 e. The van der Waals surface area contributed by atoms with Crippen molar-refractivity contribution in [3.63, 3.8) is 0 Å². The molecule has 0 aromatic carbocycles. The molecule has 0 heteroatoms. The highest BCUT2D eigenvalue weighted by Crippen LogP contribution is 2.39. The Balaban J connectivity index is 2.73. The fourth-order valence-electron chi connectivity index (χ4n) is 2.54. The Hall–Kier alpha value is -0.780. The molecule has 2 unspecified atom stereocenters. The summed E-state index contributed by atoms with van der Waals surface area (Å²) in [5.41, 5.74) is 0. The van der Waals surface area contributed by atoms with Gasteiger partial charge in [0.15, 0.2) is 0 Å². The Morgan fingerprint density at radius 3 is 1.50 bits per heavy atom. The van der Waals surface area contributed by atoms with Gasteiger partial charge < -0.3 is 0 Å². The van der Waals surface area contributed by atoms with Gasteiger partial charge in [-0.3, -0.25) is 0 Å². The first-order valence-corrected chi connectivity index (χ1v) is 5.72. The maximum absolute atomic E-state index is 2.38. The molecule has 78 valence electrons. The van der Waals surface area contributed by atoms with Crippen molar-refractivity contribution in [2.45, 2.75) is 33.6 Å². The summed E-state index contributed by atoms with van der Waals surface area (Å²) in [4.78, 5) is 0. The molecule has 1 aliphatic rings. The van der Waals surface area contributed by atoms with E-state index in [1.165, 1.54) is 12.8 Å². The fourth-order valence-corrected chi connectivity index (χ4v) is 2.54. The van der Waals surface area contributed by atoms with Gasteiger partial charge in [-0.1, -0.05) is 36.5 Å². The van der Waals surface area contributed by atoms with E-state index in [-0.39, 0.29) is 0 Å². The summed E-state index contributed by atoms with van der Waals surface area (Å²) in [5.74, 6) is 2.25. The minimum absolute atomic E-state index is 0.729. The highest BCUT2D eigenvalue weighted by atomic mass is 14.3. The van der Waals surface area contributed by atoms with E-state index in [1.807, 2.05) is 0 Å². The predicted molar refractivity (Wildman–Crippen MR) is 64.1 cm³/mol. The second-order valence-corrected chi connectivity index (χ2v) is 4.06. The monoisotopic (exact) mass is 190 g/mol. The molecule has 0 amide bonds. The lowest BCUT2D eigenvalue weighted by Gasteiger charge is -2.16. The largest absolute Gasteiger partial charge is 0.0914 e. The molecule has 0 radical (unpaired) electrons. The Morgan fingerprint density at radius 2 is 1.14 bits per heavy atom. The lowest BCUT2D eigenvalue weighted by atomic mass is 9.88. The molecular weight excluding hydrogens is 168 g/mol. The quantitative estimate of drug-likeness (QED) is 0.580. The number of rotatable bonds is 3. The summed E-state index contributed by atoms with van der Waals surface area (Å²) < 4.78 is 0. The Morgan fingerprint density at radius 1 is 0.714 bits per heavy atom. The first-order valence-electron chi connectivity index (χ1n) is 5.72. The standard InChI is InChI=1S/C14H22/c1-4-7-12-10-11-13(8-5-2)14(12)9-6-3/h4-9,12-14H,10-11H2,1-3H3. The van der Waals surface area contributed by atoms with Crippen LogP contribution < -0.4 is 0 Å². The molecule has 0 heterocycles. The lowest BCUT2D eigenvalue weighted by molar-refractivity contribution is 0.490. The van der Waals surface area contributed by atoms with Gasteiger partial charge in [-0.2, -0.15) is 0 Å². The summed E-state index contributed by atoms with van der Waals surface area (Å²) >= 11 is 0. The molecular formula is C14H22. The van der Waals surface area contributed by atoms with Crippen LogP contribution in [0.4, 0.5) is 0 Å². The summed E-state index contributed by atoms with van der Waals surface area (Å²) in [6.07, 6.45) is 16.4. The van der Waals surface area contributed by atoms with Gasteiger partial charge in [0, 0.05) is 0 Å². The van der Waals surface area contributed by atoms with Crippen molar-refractivity contribution in [1.29, 1.82) is 0 Å². The van der Waals surface area contributed by atoms with Crippen LogP contribution in [0.1, 0.15) is 33.6 Å². The molecule has 0 N–H and O–H groups in total. The molecule has 0 nitrogen and oxygen atoms in total. The smallest absolute Gasteiger partial charge is 0.0108 e. The Kier molecular flexibility index (Phi) is 4.72. The van der Waals surface area contributed by atoms with Crippen molar-refractivity contribution in [3.05, 3.63) is 36.5 Å². The normalized spacial score (nSPS) is 34.1. The molecule has 1 rings (SSSR count). The third-order valence-corrected chi connectivity index (χ3v) is 3.12. The van der Waals surface area contributed by atoms with E-state index in [0.29, 0.717) is 0 Å². The van der Waals surface area contributed by atoms with Crippen LogP contribution in [0.25, 0.3) is 0 Å². The first-order chi connectivity index (χ1) is 6.83. The average molecular weight is 190 g/mol. The van der Waals surface area contributed by atoms with Gasteiger partial charge in [-0.25, -0.2) is 0 Å². The van der Waals surface area contributed by atoms with E-state index in [9.17, 15) is 0 Å². The summed E-state index contributed by atoms with van der Waals surface area (Å²) in [7, 11) is 0. The Bertz CT molecular complexity index is 212. The van der Waals surface area contributed by atoms with Gasteiger partial charge in [0.2, 0.25) is 0 Å². The van der Waals surface area contributed by atoms with Gasteiger partial charge in [0.05, 0.1) is 0 Å². The summed E-state index contributed by atoms with van der Waals surface area (Å²) in [6, 6.07) is 0. The van der Waals surface area contributed by atoms with Crippen LogP contribution >= 0.6 is 0 Å². The van der Waals surface area contributed by atoms with Crippen molar-refractivity contribution in [3.8, 4) is 0 Å². The van der Waals surface area contributed by atoms with Crippen LogP contribution in [0.3, 0.4) is 0 Å². The topological polar surface area (TPSA) is 0 Å². The zero-order valence-electron chi connectivity index (χ0n) is 9.61. The second-order valence-electron chi connectivity index (χ2n) is 4.06. The van der Waals surface area contributed by atoms with Gasteiger partial charge >= 0.3 is 0 Å². The molecule has 14 heavy (non-hydrogen) atoms. The van der Waals surface area contributed by atoms with Gasteiger partial charge in [0.25, 0.3) is 0 Å². The first kappa shape index (κ1) is 11.3. The molecule has 1 saturated carbocycles. The second kappa shape index (κ2) is 5.85. The van der Waals surface area contributed by atoms with E-state index in [2.05, 4.69) is 57.2 Å². The van der Waals surface area contributed by atoms with E-state index in [1.54, 1.807) is 0 Å². The third kappa shape index (κ3) is 2.60. The van der Waals surface area contributed by atoms with Crippen LogP contribution in [0.2, 0.25) is 0 Å². The van der Waals surface area contributed by atoms with Gasteiger partial charge in [-0.15, -0.1) is 0 Å². The van der Waals surface area contributed by atoms with E-state index >= 15 is 0 Å². The molecule has 2 atom stereocenters. The summed E-state index contributed by atoms with van der Waals surface area (Å²) in [6.45, 7) is 6.36. The van der Waals surface area contributed by atoms with E-state index in [4.69, 9.17) is 0 Å². The molecule has 0 saturated heterocycles. The van der Waals surface area contributed by atoms with Crippen molar-refractivity contribution in [1.82, 2.24) is 0 Å². The van der Waals surface area contributed by atoms with E-state index in [0.717, 1.165) is 17.8 Å².